The molecule has 0 amide bonds. The molecule has 1 atom stereocenters. The molecule has 0 aliphatic carbocycles. The average Bonchev–Trinajstić information content (AvgIpc) is 2.07. The smallest absolute Gasteiger partial charge is 0.151 e. The van der Waals surface area contributed by atoms with E-state index in [2.05, 4.69) is 0 Å². The lowest BCUT2D eigenvalue weighted by molar-refractivity contribution is 0.590. The summed E-state index contributed by atoms with van der Waals surface area (Å²) in [5.74, 6) is -0.478. The molecule has 1 saturated heterocycles. The van der Waals surface area contributed by atoms with Crippen LogP contribution < -0.4 is 0 Å². The van der Waals surface area contributed by atoms with E-state index in [0.717, 1.165) is 0 Å². The molecule has 1 aliphatic rings. The van der Waals surface area contributed by atoms with Crippen LogP contribution >= 0.6 is 0 Å². The Kier molecular flexibility index (Phi) is 1.97. The fraction of sp³-hybridized carbons (Fsp3) is 1.00. The van der Waals surface area contributed by atoms with E-state index < -0.39 is 25.1 Å². The summed E-state index contributed by atoms with van der Waals surface area (Å²) in [6.45, 7) is 0. The molecule has 0 saturated carbocycles. The van der Waals surface area contributed by atoms with Crippen molar-refractivity contribution < 1.29 is 16.8 Å². The molecule has 0 bridgehead atoms. The Morgan fingerprint density at radius 2 is 1.91 bits per heavy atom. The summed E-state index contributed by atoms with van der Waals surface area (Å²) in [5, 5.41) is 5.62. The SMILES string of the molecule is [NH-]S(=O)(=O)[C@H]1CCS(=O)(=O)C1. The van der Waals surface area contributed by atoms with Gasteiger partial charge in [-0.3, -0.25) is 0 Å². The molecule has 0 radical (unpaired) electrons. The summed E-state index contributed by atoms with van der Waals surface area (Å²) in [7, 11) is -7.08. The predicted molar refractivity (Wildman–Crippen MR) is 40.3 cm³/mol. The van der Waals surface area contributed by atoms with Gasteiger partial charge in [0.1, 0.15) is 0 Å². The van der Waals surface area contributed by atoms with Crippen LogP contribution in [0.5, 0.6) is 0 Å². The third-order valence-corrected chi connectivity index (χ3v) is 4.89. The van der Waals surface area contributed by atoms with Crippen molar-refractivity contribution in [2.75, 3.05) is 11.5 Å². The van der Waals surface area contributed by atoms with Gasteiger partial charge in [-0.05, 0) is 6.42 Å². The van der Waals surface area contributed by atoms with E-state index in [-0.39, 0.29) is 17.9 Å². The molecule has 0 aromatic heterocycles. The third kappa shape index (κ3) is 2.14. The molecule has 0 aromatic rings. The van der Waals surface area contributed by atoms with Gasteiger partial charge < -0.3 is 5.14 Å². The first-order chi connectivity index (χ1) is 4.81. The highest BCUT2D eigenvalue weighted by molar-refractivity contribution is 7.97. The Morgan fingerprint density at radius 1 is 1.36 bits per heavy atom. The molecule has 0 unspecified atom stereocenters. The van der Waals surface area contributed by atoms with E-state index in [1.807, 2.05) is 0 Å². The Hall–Kier alpha value is -0.140. The summed E-state index contributed by atoms with van der Waals surface area (Å²) < 4.78 is 42.5. The highest BCUT2D eigenvalue weighted by Crippen LogP contribution is 2.19. The van der Waals surface area contributed by atoms with Gasteiger partial charge in [0.2, 0.25) is 0 Å². The molecule has 1 aliphatic heterocycles. The van der Waals surface area contributed by atoms with Crippen molar-refractivity contribution in [3.63, 3.8) is 0 Å². The molecule has 66 valence electrons. The lowest BCUT2D eigenvalue weighted by Gasteiger charge is -2.10. The van der Waals surface area contributed by atoms with E-state index in [4.69, 9.17) is 5.14 Å². The summed E-state index contributed by atoms with van der Waals surface area (Å²) >= 11 is 0. The molecule has 1 rings (SSSR count). The van der Waals surface area contributed by atoms with Crippen molar-refractivity contribution >= 4 is 19.9 Å². The molecule has 0 spiro atoms. The minimum Gasteiger partial charge on any atom is -0.564 e. The van der Waals surface area contributed by atoms with Crippen LogP contribution in [0.25, 0.3) is 5.14 Å². The van der Waals surface area contributed by atoms with Gasteiger partial charge in [0, 0.05) is 0 Å². The second kappa shape index (κ2) is 2.43. The maximum absolute atomic E-state index is 10.7. The first-order valence-corrected chi connectivity index (χ1v) is 6.37. The van der Waals surface area contributed by atoms with Gasteiger partial charge in [0.25, 0.3) is 0 Å². The minimum absolute atomic E-state index is 0.0775. The third-order valence-electron chi connectivity index (χ3n) is 1.63. The topological polar surface area (TPSA) is 92.1 Å². The highest BCUT2D eigenvalue weighted by Gasteiger charge is 2.31. The molecular formula is C4H8NO4S2-. The molecule has 0 aromatic carbocycles. The zero-order chi connectivity index (χ0) is 8.70. The van der Waals surface area contributed by atoms with Crippen LogP contribution in [-0.2, 0) is 19.9 Å². The van der Waals surface area contributed by atoms with Crippen LogP contribution in [0.4, 0.5) is 0 Å². The first kappa shape index (κ1) is 8.95. The van der Waals surface area contributed by atoms with Gasteiger partial charge in [0.05, 0.1) is 26.8 Å². The molecule has 7 heteroatoms. The van der Waals surface area contributed by atoms with E-state index >= 15 is 0 Å². The quantitative estimate of drug-likeness (QED) is 0.570. The van der Waals surface area contributed by atoms with E-state index in [1.54, 1.807) is 0 Å². The van der Waals surface area contributed by atoms with Crippen molar-refractivity contribution in [3.05, 3.63) is 5.14 Å². The number of rotatable bonds is 1. The largest absolute Gasteiger partial charge is 0.564 e. The first-order valence-electron chi connectivity index (χ1n) is 3.00. The van der Waals surface area contributed by atoms with Crippen molar-refractivity contribution in [2.45, 2.75) is 11.7 Å². The number of hydrogen-bond donors (Lipinski definition) is 0. The van der Waals surface area contributed by atoms with Crippen LogP contribution in [0.1, 0.15) is 6.42 Å². The normalized spacial score (nSPS) is 30.5. The summed E-state index contributed by atoms with van der Waals surface area (Å²) in [6, 6.07) is 0. The minimum atomic E-state index is -3.90. The van der Waals surface area contributed by atoms with Gasteiger partial charge in [-0.15, -0.1) is 0 Å². The Balaban J connectivity index is 2.87. The van der Waals surface area contributed by atoms with Crippen LogP contribution in [0.2, 0.25) is 0 Å². The van der Waals surface area contributed by atoms with Crippen molar-refractivity contribution in [1.82, 2.24) is 0 Å². The predicted octanol–water partition coefficient (Wildman–Crippen LogP) is -0.444. The lowest BCUT2D eigenvalue weighted by atomic mass is 10.4. The average molecular weight is 198 g/mol. The van der Waals surface area contributed by atoms with Gasteiger partial charge in [-0.2, -0.15) is 0 Å². The molecule has 11 heavy (non-hydrogen) atoms. The Labute approximate surface area is 65.6 Å². The zero-order valence-corrected chi connectivity index (χ0v) is 7.28. The number of hydrogen-bond acceptors (Lipinski definition) is 4. The van der Waals surface area contributed by atoms with Gasteiger partial charge >= 0.3 is 0 Å². The van der Waals surface area contributed by atoms with Crippen molar-refractivity contribution in [2.24, 2.45) is 0 Å². The van der Waals surface area contributed by atoms with Crippen LogP contribution in [-0.4, -0.2) is 33.6 Å². The highest BCUT2D eigenvalue weighted by atomic mass is 32.2. The van der Waals surface area contributed by atoms with Crippen LogP contribution in [0.3, 0.4) is 0 Å². The van der Waals surface area contributed by atoms with Gasteiger partial charge in [0.15, 0.2) is 9.84 Å². The zero-order valence-electron chi connectivity index (χ0n) is 5.65. The standard InChI is InChI=1S/C4H8NO4S2/c5-11(8,9)4-1-2-10(6,7)3-4/h4H,1-3H2,(H-,5,8,9)/q-1/t4-/m0/s1. The van der Waals surface area contributed by atoms with Crippen LogP contribution in [0, 0.1) is 0 Å². The molecule has 1 N–H and O–H groups in total. The van der Waals surface area contributed by atoms with Crippen LogP contribution in [0.15, 0.2) is 0 Å². The lowest BCUT2D eigenvalue weighted by Crippen LogP contribution is -2.18. The number of sulfone groups is 1. The number of sulfonamides is 1. The Bertz CT molecular complexity index is 340. The Morgan fingerprint density at radius 3 is 2.09 bits per heavy atom. The summed E-state index contributed by atoms with van der Waals surface area (Å²) in [4.78, 5) is 0. The maximum atomic E-state index is 10.7. The van der Waals surface area contributed by atoms with Crippen molar-refractivity contribution in [1.29, 1.82) is 0 Å². The van der Waals surface area contributed by atoms with E-state index in [0.29, 0.717) is 0 Å². The molecular weight excluding hydrogens is 190 g/mol. The molecule has 1 fully saturated rings. The second-order valence-corrected chi connectivity index (χ2v) is 6.56. The summed E-state index contributed by atoms with van der Waals surface area (Å²) in [5.41, 5.74) is 0. The molecule has 5 nitrogen and oxygen atoms in total. The molecule has 1 heterocycles. The number of nitrogens with one attached hydrogen (secondary N) is 1. The van der Waals surface area contributed by atoms with Crippen molar-refractivity contribution in [3.8, 4) is 0 Å². The van der Waals surface area contributed by atoms with Gasteiger partial charge in [-0.1, -0.05) is 0 Å². The fourth-order valence-corrected chi connectivity index (χ4v) is 4.47. The summed E-state index contributed by atoms with van der Waals surface area (Å²) in [6.07, 6.45) is 0.0775. The van der Waals surface area contributed by atoms with Gasteiger partial charge in [-0.25, -0.2) is 16.8 Å². The maximum Gasteiger partial charge on any atom is 0.151 e. The monoisotopic (exact) mass is 198 g/mol. The fourth-order valence-electron chi connectivity index (χ4n) is 1.01. The van der Waals surface area contributed by atoms with E-state index in [9.17, 15) is 16.8 Å². The van der Waals surface area contributed by atoms with E-state index in [1.165, 1.54) is 0 Å². The second-order valence-electron chi connectivity index (χ2n) is 2.57.